The number of aromatic carboxylic acids is 1. The Morgan fingerprint density at radius 1 is 1.00 bits per heavy atom. The normalized spacial score (nSPS) is 16.3. The Kier molecular flexibility index (Phi) is 6.84. The second kappa shape index (κ2) is 10.2. The molecule has 1 fully saturated rings. The van der Waals surface area contributed by atoms with Gasteiger partial charge in [-0.3, -0.25) is 0 Å². The van der Waals surface area contributed by atoms with Gasteiger partial charge < -0.3 is 20.3 Å². The minimum Gasteiger partial charge on any atom is -0.508 e. The maximum atomic E-state index is 12.5. The fourth-order valence-electron chi connectivity index (χ4n) is 4.80. The van der Waals surface area contributed by atoms with Crippen molar-refractivity contribution < 1.29 is 32.9 Å². The summed E-state index contributed by atoms with van der Waals surface area (Å²) in [5.74, 6) is 0.360. The number of aryl methyl sites for hydroxylation is 1. The van der Waals surface area contributed by atoms with E-state index >= 15 is 0 Å². The Bertz CT molecular complexity index is 1470. The molecule has 6 nitrogen and oxygen atoms in total. The fraction of sp³-hybridized carbons (Fsp3) is 0.241. The van der Waals surface area contributed by atoms with Crippen LogP contribution in [-0.4, -0.2) is 27.5 Å². The number of halogens is 3. The highest BCUT2D eigenvalue weighted by Crippen LogP contribution is 2.47. The van der Waals surface area contributed by atoms with Gasteiger partial charge in [0.15, 0.2) is 0 Å². The summed E-state index contributed by atoms with van der Waals surface area (Å²) in [4.78, 5) is 14.9. The maximum absolute atomic E-state index is 12.5. The van der Waals surface area contributed by atoms with Gasteiger partial charge in [0.05, 0.1) is 11.6 Å². The molecule has 0 saturated heterocycles. The van der Waals surface area contributed by atoms with Crippen molar-refractivity contribution in [1.82, 2.24) is 4.98 Å². The molecule has 2 aliphatic carbocycles. The first-order valence-electron chi connectivity index (χ1n) is 12.2. The number of ether oxygens (including phenoxy) is 1. The van der Waals surface area contributed by atoms with Crippen LogP contribution in [0.25, 0.3) is 10.8 Å². The van der Waals surface area contributed by atoms with Gasteiger partial charge in [-0.2, -0.15) is 0 Å². The number of rotatable bonds is 5. The number of phenolic OH excluding ortho intramolecular Hbond substituents is 1. The fourth-order valence-corrected chi connectivity index (χ4v) is 4.80. The van der Waals surface area contributed by atoms with E-state index in [2.05, 4.69) is 27.2 Å². The summed E-state index contributed by atoms with van der Waals surface area (Å²) in [5, 5.41) is 23.1. The molecule has 4 aromatic rings. The summed E-state index contributed by atoms with van der Waals surface area (Å²) >= 11 is 0. The van der Waals surface area contributed by atoms with E-state index in [-0.39, 0.29) is 23.1 Å². The standard InChI is InChI=1S/C22H19F3N2O.C7H6O3/c23-22(24,25)28-16-8-9-17-14(11-16)7-10-19(17)27-21-20(13-5-6-13)18-4-2-1-3-15(18)12-26-21;8-6-3-1-5(2-4-6)7(9)10/h1-4,8-9,11-13,19H,5-7,10H2,(H,26,27);1-4,8H,(H,9,10). The summed E-state index contributed by atoms with van der Waals surface area (Å²) in [5.41, 5.74) is 3.36. The Morgan fingerprint density at radius 3 is 2.42 bits per heavy atom. The molecule has 3 N–H and O–H groups in total. The van der Waals surface area contributed by atoms with Crippen molar-refractivity contribution in [3.05, 3.63) is 95.2 Å². The molecule has 0 radical (unpaired) electrons. The maximum Gasteiger partial charge on any atom is 0.573 e. The van der Waals surface area contributed by atoms with Crippen molar-refractivity contribution in [3.8, 4) is 11.5 Å². The number of carboxylic acid groups (broad SMARTS) is 1. The molecule has 2 aliphatic rings. The van der Waals surface area contributed by atoms with Crippen LogP contribution in [0, 0.1) is 0 Å². The van der Waals surface area contributed by atoms with Gasteiger partial charge in [-0.1, -0.05) is 30.3 Å². The molecule has 1 unspecified atom stereocenters. The van der Waals surface area contributed by atoms with Gasteiger partial charge in [0, 0.05) is 17.1 Å². The number of aromatic hydroxyl groups is 1. The predicted molar refractivity (Wildman–Crippen MR) is 137 cm³/mol. The van der Waals surface area contributed by atoms with Crippen molar-refractivity contribution in [3.63, 3.8) is 0 Å². The molecule has 0 amide bonds. The zero-order valence-electron chi connectivity index (χ0n) is 20.2. The van der Waals surface area contributed by atoms with Crippen molar-refractivity contribution in [2.45, 2.75) is 44.0 Å². The van der Waals surface area contributed by atoms with Crippen molar-refractivity contribution >= 4 is 22.6 Å². The molecule has 0 spiro atoms. The monoisotopic (exact) mass is 522 g/mol. The highest BCUT2D eigenvalue weighted by Gasteiger charge is 2.33. The SMILES string of the molecule is FC(F)(F)Oc1ccc2c(c1)CCC2Nc1ncc2ccccc2c1C1CC1.O=C(O)c1ccc(O)cc1. The van der Waals surface area contributed by atoms with Gasteiger partial charge in [0.25, 0.3) is 0 Å². The Labute approximate surface area is 216 Å². The molecule has 1 atom stereocenters. The van der Waals surface area contributed by atoms with Crippen molar-refractivity contribution in [2.75, 3.05) is 5.32 Å². The van der Waals surface area contributed by atoms with Crippen LogP contribution in [0.15, 0.2) is 72.9 Å². The van der Waals surface area contributed by atoms with E-state index < -0.39 is 12.3 Å². The average molecular weight is 523 g/mol. The van der Waals surface area contributed by atoms with Crippen LogP contribution in [0.2, 0.25) is 0 Å². The number of anilines is 1. The average Bonchev–Trinajstić information content (AvgIpc) is 3.64. The molecule has 3 aromatic carbocycles. The zero-order valence-corrected chi connectivity index (χ0v) is 20.2. The molecule has 38 heavy (non-hydrogen) atoms. The number of carbonyl (C=O) groups is 1. The largest absolute Gasteiger partial charge is 0.573 e. The van der Waals surface area contributed by atoms with E-state index in [0.717, 1.165) is 28.8 Å². The highest BCUT2D eigenvalue weighted by molar-refractivity contribution is 5.89. The van der Waals surface area contributed by atoms with E-state index in [1.54, 1.807) is 6.07 Å². The quantitative estimate of drug-likeness (QED) is 0.257. The molecule has 0 aliphatic heterocycles. The van der Waals surface area contributed by atoms with E-state index in [1.807, 2.05) is 18.3 Å². The zero-order chi connectivity index (χ0) is 26.9. The van der Waals surface area contributed by atoms with Crippen LogP contribution in [0.1, 0.15) is 58.3 Å². The minimum absolute atomic E-state index is 0.0427. The second-order valence-corrected chi connectivity index (χ2v) is 9.38. The van der Waals surface area contributed by atoms with Crippen LogP contribution in [0.5, 0.6) is 11.5 Å². The molecule has 1 heterocycles. The summed E-state index contributed by atoms with van der Waals surface area (Å²) in [6.07, 6.45) is 1.10. The number of carboxylic acids is 1. The lowest BCUT2D eigenvalue weighted by molar-refractivity contribution is -0.274. The van der Waals surface area contributed by atoms with Gasteiger partial charge in [-0.05, 0) is 84.5 Å². The summed E-state index contributed by atoms with van der Waals surface area (Å²) < 4.78 is 41.5. The number of aromatic nitrogens is 1. The van der Waals surface area contributed by atoms with Crippen LogP contribution in [0.4, 0.5) is 19.0 Å². The first-order valence-corrected chi connectivity index (χ1v) is 12.2. The van der Waals surface area contributed by atoms with E-state index in [1.165, 1.54) is 60.2 Å². The van der Waals surface area contributed by atoms with Crippen LogP contribution < -0.4 is 10.1 Å². The topological polar surface area (TPSA) is 91.7 Å². The van der Waals surface area contributed by atoms with Crippen molar-refractivity contribution in [2.24, 2.45) is 0 Å². The number of nitrogens with zero attached hydrogens (tertiary/aromatic N) is 1. The third kappa shape index (κ3) is 5.82. The first-order chi connectivity index (χ1) is 18.2. The smallest absolute Gasteiger partial charge is 0.508 e. The Hall–Kier alpha value is -4.27. The van der Waals surface area contributed by atoms with Crippen LogP contribution >= 0.6 is 0 Å². The number of alkyl halides is 3. The molecule has 196 valence electrons. The van der Waals surface area contributed by atoms with Crippen molar-refractivity contribution in [1.29, 1.82) is 0 Å². The van der Waals surface area contributed by atoms with E-state index in [4.69, 9.17) is 10.2 Å². The summed E-state index contributed by atoms with van der Waals surface area (Å²) in [6.45, 7) is 0. The van der Waals surface area contributed by atoms with E-state index in [0.29, 0.717) is 12.3 Å². The van der Waals surface area contributed by atoms with Crippen LogP contribution in [0.3, 0.4) is 0 Å². The van der Waals surface area contributed by atoms with E-state index in [9.17, 15) is 18.0 Å². The minimum atomic E-state index is -4.67. The number of pyridine rings is 1. The Morgan fingerprint density at radius 2 is 1.74 bits per heavy atom. The molecule has 1 aromatic heterocycles. The summed E-state index contributed by atoms with van der Waals surface area (Å²) in [6, 6.07) is 18.3. The number of hydrogen-bond donors (Lipinski definition) is 3. The number of nitrogens with one attached hydrogen (secondary N) is 1. The van der Waals surface area contributed by atoms with Gasteiger partial charge in [-0.25, -0.2) is 9.78 Å². The number of fused-ring (bicyclic) bond motifs is 2. The number of benzene rings is 3. The molecule has 6 rings (SSSR count). The Balaban J connectivity index is 0.000000249. The molecular formula is C29H25F3N2O4. The first kappa shape index (κ1) is 25.4. The third-order valence-electron chi connectivity index (χ3n) is 6.68. The van der Waals surface area contributed by atoms with Gasteiger partial charge in [0.2, 0.25) is 0 Å². The highest BCUT2D eigenvalue weighted by atomic mass is 19.4. The molecule has 0 bridgehead atoms. The van der Waals surface area contributed by atoms with Crippen LogP contribution in [-0.2, 0) is 6.42 Å². The van der Waals surface area contributed by atoms with Gasteiger partial charge in [-0.15, -0.1) is 13.2 Å². The third-order valence-corrected chi connectivity index (χ3v) is 6.68. The van der Waals surface area contributed by atoms with Gasteiger partial charge >= 0.3 is 12.3 Å². The molecule has 9 heteroatoms. The predicted octanol–water partition coefficient (Wildman–Crippen LogP) is 7.20. The second-order valence-electron chi connectivity index (χ2n) is 9.38. The summed E-state index contributed by atoms with van der Waals surface area (Å²) in [7, 11) is 0. The lowest BCUT2D eigenvalue weighted by Gasteiger charge is -2.19. The lowest BCUT2D eigenvalue weighted by atomic mass is 10.0. The molecule has 1 saturated carbocycles. The van der Waals surface area contributed by atoms with Gasteiger partial charge in [0.1, 0.15) is 17.3 Å². The lowest BCUT2D eigenvalue weighted by Crippen LogP contribution is -2.17. The number of hydrogen-bond acceptors (Lipinski definition) is 5. The molecular weight excluding hydrogens is 497 g/mol. The number of phenols is 1.